The van der Waals surface area contributed by atoms with Crippen LogP contribution in [0.4, 0.5) is 0 Å². The number of nitrogens with one attached hydrogen (secondary N) is 1. The summed E-state index contributed by atoms with van der Waals surface area (Å²) in [5, 5.41) is 3.80. The van der Waals surface area contributed by atoms with Gasteiger partial charge in [-0.15, -0.1) is 0 Å². The number of hydrogen-bond acceptors (Lipinski definition) is 3. The summed E-state index contributed by atoms with van der Waals surface area (Å²) in [4.78, 5) is 11.4. The SMILES string of the molecule is CC(C)=NNC(=O)c1ccoc1C. The maximum absolute atomic E-state index is 11.4. The van der Waals surface area contributed by atoms with Crippen molar-refractivity contribution in [1.29, 1.82) is 0 Å². The average Bonchev–Trinajstić information content (AvgIpc) is 2.47. The molecular weight excluding hydrogens is 168 g/mol. The molecule has 0 spiro atoms. The zero-order valence-electron chi connectivity index (χ0n) is 7.92. The molecule has 70 valence electrons. The van der Waals surface area contributed by atoms with Gasteiger partial charge in [-0.3, -0.25) is 4.79 Å². The van der Waals surface area contributed by atoms with Crippen LogP contribution in [0, 0.1) is 6.92 Å². The molecule has 1 heterocycles. The van der Waals surface area contributed by atoms with Crippen LogP contribution < -0.4 is 5.43 Å². The minimum absolute atomic E-state index is 0.243. The Kier molecular flexibility index (Phi) is 2.84. The molecule has 4 nitrogen and oxygen atoms in total. The Bertz CT molecular complexity index is 335. The highest BCUT2D eigenvalue weighted by Gasteiger charge is 2.09. The Morgan fingerprint density at radius 3 is 2.69 bits per heavy atom. The molecule has 0 fully saturated rings. The Labute approximate surface area is 76.6 Å². The summed E-state index contributed by atoms with van der Waals surface area (Å²) in [6, 6.07) is 1.62. The summed E-state index contributed by atoms with van der Waals surface area (Å²) in [5.41, 5.74) is 3.73. The largest absolute Gasteiger partial charge is 0.469 e. The van der Waals surface area contributed by atoms with Gasteiger partial charge in [-0.2, -0.15) is 5.10 Å². The lowest BCUT2D eigenvalue weighted by Gasteiger charge is -1.97. The third-order valence-electron chi connectivity index (χ3n) is 1.48. The monoisotopic (exact) mass is 180 g/mol. The lowest BCUT2D eigenvalue weighted by atomic mass is 10.2. The lowest BCUT2D eigenvalue weighted by molar-refractivity contribution is 0.0953. The molecule has 0 radical (unpaired) electrons. The molecule has 0 aliphatic rings. The molecule has 0 saturated heterocycles. The van der Waals surface area contributed by atoms with Crippen LogP contribution in [-0.2, 0) is 0 Å². The number of furan rings is 1. The van der Waals surface area contributed by atoms with E-state index in [1.165, 1.54) is 6.26 Å². The quantitative estimate of drug-likeness (QED) is 0.556. The molecule has 1 aromatic heterocycles. The molecule has 0 aliphatic heterocycles. The number of aryl methyl sites for hydroxylation is 1. The van der Waals surface area contributed by atoms with Gasteiger partial charge in [0.1, 0.15) is 5.76 Å². The van der Waals surface area contributed by atoms with Crippen LogP contribution in [0.5, 0.6) is 0 Å². The van der Waals surface area contributed by atoms with E-state index in [0.29, 0.717) is 11.3 Å². The molecule has 0 unspecified atom stereocenters. The van der Waals surface area contributed by atoms with Crippen LogP contribution in [0.15, 0.2) is 21.8 Å². The highest BCUT2D eigenvalue weighted by molar-refractivity contribution is 5.95. The number of carbonyl (C=O) groups is 1. The first kappa shape index (κ1) is 9.51. The van der Waals surface area contributed by atoms with E-state index < -0.39 is 0 Å². The van der Waals surface area contributed by atoms with Crippen molar-refractivity contribution >= 4 is 11.6 Å². The molecule has 0 bridgehead atoms. The second-order valence-corrected chi connectivity index (χ2v) is 2.89. The smallest absolute Gasteiger partial charge is 0.274 e. The normalized spacial score (nSPS) is 9.46. The number of nitrogens with zero attached hydrogens (tertiary/aromatic N) is 1. The molecule has 1 N–H and O–H groups in total. The van der Waals surface area contributed by atoms with Gasteiger partial charge in [0.15, 0.2) is 0 Å². The predicted octanol–water partition coefficient (Wildman–Crippen LogP) is 1.71. The summed E-state index contributed by atoms with van der Waals surface area (Å²) in [6.45, 7) is 5.35. The number of carbonyl (C=O) groups excluding carboxylic acids is 1. The minimum Gasteiger partial charge on any atom is -0.469 e. The highest BCUT2D eigenvalue weighted by atomic mass is 16.3. The summed E-state index contributed by atoms with van der Waals surface area (Å²) in [7, 11) is 0. The number of amides is 1. The van der Waals surface area contributed by atoms with Crippen molar-refractivity contribution in [2.24, 2.45) is 5.10 Å². The van der Waals surface area contributed by atoms with Crippen LogP contribution in [-0.4, -0.2) is 11.6 Å². The van der Waals surface area contributed by atoms with E-state index in [-0.39, 0.29) is 5.91 Å². The number of hydrogen-bond donors (Lipinski definition) is 1. The van der Waals surface area contributed by atoms with E-state index >= 15 is 0 Å². The van der Waals surface area contributed by atoms with Crippen molar-refractivity contribution < 1.29 is 9.21 Å². The maximum atomic E-state index is 11.4. The van der Waals surface area contributed by atoms with Gasteiger partial charge in [0.05, 0.1) is 11.8 Å². The lowest BCUT2D eigenvalue weighted by Crippen LogP contribution is -2.18. The maximum Gasteiger partial charge on any atom is 0.274 e. The van der Waals surface area contributed by atoms with Gasteiger partial charge in [-0.1, -0.05) is 0 Å². The van der Waals surface area contributed by atoms with Gasteiger partial charge in [0.25, 0.3) is 5.91 Å². The summed E-state index contributed by atoms with van der Waals surface area (Å²) in [5.74, 6) is 0.355. The first-order chi connectivity index (χ1) is 6.11. The van der Waals surface area contributed by atoms with E-state index in [1.807, 2.05) is 13.8 Å². The standard InChI is InChI=1S/C9H12N2O2/c1-6(2)10-11-9(12)8-4-5-13-7(8)3/h4-5H,1-3H3,(H,11,12). The van der Waals surface area contributed by atoms with Crippen molar-refractivity contribution in [3.63, 3.8) is 0 Å². The Hall–Kier alpha value is -1.58. The minimum atomic E-state index is -0.243. The zero-order chi connectivity index (χ0) is 9.84. The van der Waals surface area contributed by atoms with Crippen LogP contribution in [0.3, 0.4) is 0 Å². The molecule has 0 saturated carbocycles. The van der Waals surface area contributed by atoms with E-state index in [1.54, 1.807) is 13.0 Å². The summed E-state index contributed by atoms with van der Waals surface area (Å²) in [6.07, 6.45) is 1.48. The fourth-order valence-corrected chi connectivity index (χ4v) is 0.843. The second-order valence-electron chi connectivity index (χ2n) is 2.89. The molecule has 13 heavy (non-hydrogen) atoms. The molecule has 4 heteroatoms. The summed E-state index contributed by atoms with van der Waals surface area (Å²) >= 11 is 0. The molecule has 0 aromatic carbocycles. The molecule has 0 aliphatic carbocycles. The van der Waals surface area contributed by atoms with Crippen LogP contribution in [0.2, 0.25) is 0 Å². The van der Waals surface area contributed by atoms with E-state index in [2.05, 4.69) is 10.5 Å². The number of hydrazone groups is 1. The van der Waals surface area contributed by atoms with Crippen LogP contribution in [0.25, 0.3) is 0 Å². The Morgan fingerprint density at radius 1 is 1.54 bits per heavy atom. The Balaban J connectivity index is 2.70. The fourth-order valence-electron chi connectivity index (χ4n) is 0.843. The fraction of sp³-hybridized carbons (Fsp3) is 0.333. The zero-order valence-corrected chi connectivity index (χ0v) is 7.92. The second kappa shape index (κ2) is 3.89. The Morgan fingerprint density at radius 2 is 2.23 bits per heavy atom. The molecule has 0 atom stereocenters. The van der Waals surface area contributed by atoms with Gasteiger partial charge in [-0.25, -0.2) is 5.43 Å². The third kappa shape index (κ3) is 2.43. The predicted molar refractivity (Wildman–Crippen MR) is 49.7 cm³/mol. The first-order valence-electron chi connectivity index (χ1n) is 3.96. The van der Waals surface area contributed by atoms with Crippen LogP contribution >= 0.6 is 0 Å². The average molecular weight is 180 g/mol. The van der Waals surface area contributed by atoms with E-state index in [4.69, 9.17) is 4.42 Å². The molecule has 1 aromatic rings. The van der Waals surface area contributed by atoms with Crippen LogP contribution in [0.1, 0.15) is 30.0 Å². The molecule has 1 rings (SSSR count). The van der Waals surface area contributed by atoms with Gasteiger partial charge < -0.3 is 4.42 Å². The van der Waals surface area contributed by atoms with Crippen molar-refractivity contribution in [3.05, 3.63) is 23.7 Å². The van der Waals surface area contributed by atoms with Gasteiger partial charge in [-0.05, 0) is 26.8 Å². The van der Waals surface area contributed by atoms with Gasteiger partial charge >= 0.3 is 0 Å². The van der Waals surface area contributed by atoms with E-state index in [9.17, 15) is 4.79 Å². The first-order valence-corrected chi connectivity index (χ1v) is 3.96. The molecular formula is C9H12N2O2. The van der Waals surface area contributed by atoms with Gasteiger partial charge in [0, 0.05) is 5.71 Å². The van der Waals surface area contributed by atoms with Gasteiger partial charge in [0.2, 0.25) is 0 Å². The van der Waals surface area contributed by atoms with Crippen molar-refractivity contribution in [3.8, 4) is 0 Å². The van der Waals surface area contributed by atoms with Crippen molar-refractivity contribution in [2.45, 2.75) is 20.8 Å². The molecule has 1 amide bonds. The highest BCUT2D eigenvalue weighted by Crippen LogP contribution is 2.07. The topological polar surface area (TPSA) is 54.6 Å². The summed E-state index contributed by atoms with van der Waals surface area (Å²) < 4.78 is 4.98. The number of rotatable bonds is 2. The third-order valence-corrected chi connectivity index (χ3v) is 1.48. The van der Waals surface area contributed by atoms with E-state index in [0.717, 1.165) is 5.71 Å². The van der Waals surface area contributed by atoms with Crippen molar-refractivity contribution in [1.82, 2.24) is 5.43 Å². The van der Waals surface area contributed by atoms with Crippen molar-refractivity contribution in [2.75, 3.05) is 0 Å².